The lowest BCUT2D eigenvalue weighted by Gasteiger charge is -2.02. The average Bonchev–Trinajstić information content (AvgIpc) is 2.96. The van der Waals surface area contributed by atoms with Crippen LogP contribution in [0.15, 0.2) is 16.9 Å². The zero-order chi connectivity index (χ0) is 12.7. The maximum absolute atomic E-state index is 12.0. The summed E-state index contributed by atoms with van der Waals surface area (Å²) in [6.45, 7) is 0.930. The van der Waals surface area contributed by atoms with Crippen LogP contribution in [0.2, 0.25) is 0 Å². The van der Waals surface area contributed by atoms with Crippen molar-refractivity contribution in [1.29, 1.82) is 0 Å². The van der Waals surface area contributed by atoms with E-state index in [9.17, 15) is 4.79 Å². The van der Waals surface area contributed by atoms with Crippen LogP contribution in [-0.4, -0.2) is 25.2 Å². The van der Waals surface area contributed by atoms with Gasteiger partial charge in [0.15, 0.2) is 11.6 Å². The van der Waals surface area contributed by atoms with Crippen molar-refractivity contribution in [3.63, 3.8) is 0 Å². The predicted molar refractivity (Wildman–Crippen MR) is 69.4 cm³/mol. The van der Waals surface area contributed by atoms with Gasteiger partial charge in [0, 0.05) is 25.4 Å². The Labute approximate surface area is 112 Å². The van der Waals surface area contributed by atoms with Crippen molar-refractivity contribution in [2.45, 2.75) is 19.4 Å². The molecule has 0 fully saturated rings. The molecular weight excluding hydrogens is 298 g/mol. The van der Waals surface area contributed by atoms with Gasteiger partial charge in [-0.05, 0) is 28.8 Å². The SMILES string of the molecule is Cn1c(Br)cnc1C(=O)Nc1cc2n(n1)CCC2. The standard InChI is InChI=1S/C11H12BrN5O/c1-16-8(12)6-13-10(16)11(18)14-9-5-7-3-2-4-17(7)15-9/h5-6H,2-4H2,1H3,(H,14,15,18). The molecule has 1 aliphatic heterocycles. The third-order valence-corrected chi connectivity index (χ3v) is 3.78. The third kappa shape index (κ3) is 1.84. The van der Waals surface area contributed by atoms with Gasteiger partial charge in [0.2, 0.25) is 0 Å². The molecular formula is C11H12BrN5O. The summed E-state index contributed by atoms with van der Waals surface area (Å²) in [7, 11) is 1.78. The van der Waals surface area contributed by atoms with Gasteiger partial charge >= 0.3 is 0 Å². The molecule has 2 aromatic rings. The van der Waals surface area contributed by atoms with Gasteiger partial charge in [0.25, 0.3) is 5.91 Å². The molecule has 3 rings (SSSR count). The molecule has 0 saturated carbocycles. The normalized spacial score (nSPS) is 13.7. The first-order valence-electron chi connectivity index (χ1n) is 5.70. The van der Waals surface area contributed by atoms with Crippen LogP contribution in [0, 0.1) is 0 Å². The van der Waals surface area contributed by atoms with E-state index in [4.69, 9.17) is 0 Å². The van der Waals surface area contributed by atoms with Gasteiger partial charge in [-0.1, -0.05) is 0 Å². The fourth-order valence-electron chi connectivity index (χ4n) is 2.09. The first kappa shape index (κ1) is 11.5. The Balaban J connectivity index is 1.80. The highest BCUT2D eigenvalue weighted by Gasteiger charge is 2.18. The number of aryl methyl sites for hydroxylation is 2. The molecule has 2 aromatic heterocycles. The van der Waals surface area contributed by atoms with Crippen molar-refractivity contribution >= 4 is 27.7 Å². The second kappa shape index (κ2) is 4.24. The molecule has 0 unspecified atom stereocenters. The van der Waals surface area contributed by atoms with Crippen LogP contribution in [0.1, 0.15) is 22.7 Å². The van der Waals surface area contributed by atoms with E-state index in [-0.39, 0.29) is 5.91 Å². The van der Waals surface area contributed by atoms with Crippen molar-refractivity contribution in [1.82, 2.24) is 19.3 Å². The van der Waals surface area contributed by atoms with Gasteiger partial charge in [-0.2, -0.15) is 5.10 Å². The number of fused-ring (bicyclic) bond motifs is 1. The van der Waals surface area contributed by atoms with Crippen molar-refractivity contribution in [2.75, 3.05) is 5.32 Å². The van der Waals surface area contributed by atoms with Gasteiger partial charge in [0.1, 0.15) is 4.60 Å². The van der Waals surface area contributed by atoms with Crippen molar-refractivity contribution in [2.24, 2.45) is 7.05 Å². The molecule has 1 amide bonds. The monoisotopic (exact) mass is 309 g/mol. The van der Waals surface area contributed by atoms with Crippen LogP contribution >= 0.6 is 15.9 Å². The summed E-state index contributed by atoms with van der Waals surface area (Å²) in [4.78, 5) is 16.1. The van der Waals surface area contributed by atoms with E-state index in [0.717, 1.165) is 24.0 Å². The average molecular weight is 310 g/mol. The molecule has 1 N–H and O–H groups in total. The number of carbonyl (C=O) groups is 1. The van der Waals surface area contributed by atoms with Crippen molar-refractivity contribution in [3.8, 4) is 0 Å². The molecule has 0 radical (unpaired) electrons. The Morgan fingerprint density at radius 2 is 2.39 bits per heavy atom. The van der Waals surface area contributed by atoms with E-state index in [1.54, 1.807) is 17.8 Å². The third-order valence-electron chi connectivity index (χ3n) is 3.04. The fourth-order valence-corrected chi connectivity index (χ4v) is 2.36. The largest absolute Gasteiger partial charge is 0.318 e. The van der Waals surface area contributed by atoms with E-state index in [1.807, 2.05) is 10.7 Å². The van der Waals surface area contributed by atoms with E-state index in [2.05, 4.69) is 31.3 Å². The summed E-state index contributed by atoms with van der Waals surface area (Å²) in [5, 5.41) is 7.10. The number of hydrogen-bond acceptors (Lipinski definition) is 3. The van der Waals surface area contributed by atoms with Gasteiger partial charge in [0.05, 0.1) is 6.20 Å². The first-order valence-corrected chi connectivity index (χ1v) is 6.50. The number of hydrogen-bond donors (Lipinski definition) is 1. The Kier molecular flexibility index (Phi) is 2.70. The number of aromatic nitrogens is 4. The number of amides is 1. The van der Waals surface area contributed by atoms with Crippen LogP contribution in [0.4, 0.5) is 5.82 Å². The molecule has 3 heterocycles. The van der Waals surface area contributed by atoms with Gasteiger partial charge in [-0.3, -0.25) is 9.48 Å². The number of rotatable bonds is 2. The second-order valence-electron chi connectivity index (χ2n) is 4.27. The van der Waals surface area contributed by atoms with E-state index >= 15 is 0 Å². The zero-order valence-corrected chi connectivity index (χ0v) is 11.4. The highest BCUT2D eigenvalue weighted by Crippen LogP contribution is 2.18. The van der Waals surface area contributed by atoms with E-state index in [1.165, 1.54) is 5.69 Å². The lowest BCUT2D eigenvalue weighted by molar-refractivity contribution is 0.101. The maximum atomic E-state index is 12.0. The Morgan fingerprint density at radius 3 is 3.06 bits per heavy atom. The molecule has 0 saturated heterocycles. The summed E-state index contributed by atoms with van der Waals surface area (Å²) >= 11 is 3.31. The predicted octanol–water partition coefficient (Wildman–Crippen LogP) is 1.58. The second-order valence-corrected chi connectivity index (χ2v) is 5.08. The van der Waals surface area contributed by atoms with E-state index in [0.29, 0.717) is 11.6 Å². The maximum Gasteiger partial charge on any atom is 0.292 e. The number of nitrogens with zero attached hydrogens (tertiary/aromatic N) is 4. The molecule has 0 atom stereocenters. The highest BCUT2D eigenvalue weighted by atomic mass is 79.9. The smallest absolute Gasteiger partial charge is 0.292 e. The minimum atomic E-state index is -0.250. The number of anilines is 1. The highest BCUT2D eigenvalue weighted by molar-refractivity contribution is 9.10. The zero-order valence-electron chi connectivity index (χ0n) is 9.85. The van der Waals surface area contributed by atoms with Crippen molar-refractivity contribution in [3.05, 3.63) is 28.4 Å². The Hall–Kier alpha value is -1.63. The number of carbonyl (C=O) groups excluding carboxylic acids is 1. The molecule has 18 heavy (non-hydrogen) atoms. The summed E-state index contributed by atoms with van der Waals surface area (Å²) in [5.74, 6) is 0.698. The van der Waals surface area contributed by atoms with Gasteiger partial charge in [-0.25, -0.2) is 4.98 Å². The minimum absolute atomic E-state index is 0.250. The van der Waals surface area contributed by atoms with Crippen LogP contribution in [0.5, 0.6) is 0 Å². The van der Waals surface area contributed by atoms with Gasteiger partial charge in [-0.15, -0.1) is 0 Å². The molecule has 0 bridgehead atoms. The first-order chi connectivity index (χ1) is 8.65. The molecule has 1 aliphatic rings. The number of halogens is 1. The fraction of sp³-hybridized carbons (Fsp3) is 0.364. The number of nitrogens with one attached hydrogen (secondary N) is 1. The Morgan fingerprint density at radius 1 is 1.56 bits per heavy atom. The summed E-state index contributed by atoms with van der Waals surface area (Å²) in [6, 6.07) is 1.92. The van der Waals surface area contributed by atoms with Crippen molar-refractivity contribution < 1.29 is 4.79 Å². The van der Waals surface area contributed by atoms with E-state index < -0.39 is 0 Å². The molecule has 7 heteroatoms. The summed E-state index contributed by atoms with van der Waals surface area (Å²) in [6.07, 6.45) is 3.75. The Bertz CT molecular complexity index is 593. The summed E-state index contributed by atoms with van der Waals surface area (Å²) < 4.78 is 4.38. The summed E-state index contributed by atoms with van der Waals surface area (Å²) in [5.41, 5.74) is 1.17. The van der Waals surface area contributed by atoms with Crippen LogP contribution < -0.4 is 5.32 Å². The molecule has 0 aromatic carbocycles. The van der Waals surface area contributed by atoms with Crippen LogP contribution in [-0.2, 0) is 20.0 Å². The molecule has 0 aliphatic carbocycles. The lowest BCUT2D eigenvalue weighted by Crippen LogP contribution is -2.17. The molecule has 0 spiro atoms. The lowest BCUT2D eigenvalue weighted by atomic mass is 10.3. The number of imidazole rings is 1. The van der Waals surface area contributed by atoms with Crippen LogP contribution in [0.25, 0.3) is 0 Å². The van der Waals surface area contributed by atoms with Crippen LogP contribution in [0.3, 0.4) is 0 Å². The minimum Gasteiger partial charge on any atom is -0.318 e. The molecule has 94 valence electrons. The van der Waals surface area contributed by atoms with Gasteiger partial charge < -0.3 is 9.88 Å². The molecule has 6 nitrogen and oxygen atoms in total. The quantitative estimate of drug-likeness (QED) is 0.916. The topological polar surface area (TPSA) is 64.7 Å².